The third kappa shape index (κ3) is 3.85. The van der Waals surface area contributed by atoms with Crippen molar-refractivity contribution in [2.45, 2.75) is 4.90 Å². The average molecular weight is 407 g/mol. The van der Waals surface area contributed by atoms with Gasteiger partial charge in [0.2, 0.25) is 0 Å². The molecule has 0 amide bonds. The molecule has 0 heterocycles. The molecule has 2 aromatic carbocycles. The molecule has 5 nitrogen and oxygen atoms in total. The topological polar surface area (TPSA) is 69.7 Å². The number of halogens is 3. The Morgan fingerprint density at radius 3 is 2.39 bits per heavy atom. The second-order valence-corrected chi connectivity index (χ2v) is 6.65. The summed E-state index contributed by atoms with van der Waals surface area (Å²) in [7, 11) is -3.20. The van der Waals surface area contributed by atoms with E-state index in [1.807, 2.05) is 0 Å². The van der Waals surface area contributed by atoms with Gasteiger partial charge in [-0.1, -0.05) is 0 Å². The first-order chi connectivity index (χ1) is 10.7. The van der Waals surface area contributed by atoms with Crippen LogP contribution >= 0.6 is 15.9 Å². The third-order valence-electron chi connectivity index (χ3n) is 2.73. The van der Waals surface area contributed by atoms with Crippen molar-refractivity contribution in [3.05, 3.63) is 58.1 Å². The molecule has 0 aliphatic carbocycles. The summed E-state index contributed by atoms with van der Waals surface area (Å²) in [6, 6.07) is 5.87. The number of methoxy groups -OCH3 is 1. The lowest BCUT2D eigenvalue weighted by Crippen LogP contribution is -2.12. The highest BCUT2D eigenvalue weighted by Crippen LogP contribution is 2.25. The summed E-state index contributed by atoms with van der Waals surface area (Å²) in [6.07, 6.45) is 0. The van der Waals surface area contributed by atoms with Crippen LogP contribution in [0.15, 0.2) is 45.8 Å². The molecule has 0 saturated carbocycles. The molecule has 9 heteroatoms. The molecule has 0 saturated heterocycles. The fraction of sp³-hybridized carbons (Fsp3) is 0.0714. The SMILES string of the molecule is COC(=O)c1cc(S(=O)(=O)Oc2ccc(F)c(F)c2)ccc1Br. The highest BCUT2D eigenvalue weighted by Gasteiger charge is 2.21. The van der Waals surface area contributed by atoms with E-state index < -0.39 is 33.5 Å². The van der Waals surface area contributed by atoms with Gasteiger partial charge in [-0.25, -0.2) is 13.6 Å². The van der Waals surface area contributed by atoms with Gasteiger partial charge in [0.25, 0.3) is 0 Å². The van der Waals surface area contributed by atoms with Crippen molar-refractivity contribution in [1.29, 1.82) is 0 Å². The Bertz CT molecular complexity index is 867. The van der Waals surface area contributed by atoms with E-state index in [1.54, 1.807) is 0 Å². The maximum atomic E-state index is 13.1. The van der Waals surface area contributed by atoms with Gasteiger partial charge in [0, 0.05) is 10.5 Å². The number of benzene rings is 2. The van der Waals surface area contributed by atoms with Crippen LogP contribution in [0.3, 0.4) is 0 Å². The molecule has 0 spiro atoms. The van der Waals surface area contributed by atoms with Crippen LogP contribution < -0.4 is 4.18 Å². The summed E-state index contributed by atoms with van der Waals surface area (Å²) in [4.78, 5) is 11.2. The van der Waals surface area contributed by atoms with Gasteiger partial charge < -0.3 is 8.92 Å². The zero-order chi connectivity index (χ0) is 17.2. The van der Waals surface area contributed by atoms with Crippen LogP contribution in [-0.2, 0) is 14.9 Å². The maximum Gasteiger partial charge on any atom is 0.339 e. The lowest BCUT2D eigenvalue weighted by Gasteiger charge is -2.09. The first-order valence-corrected chi connectivity index (χ1v) is 8.22. The molecule has 2 rings (SSSR count). The minimum absolute atomic E-state index is 0.0255. The van der Waals surface area contributed by atoms with Crippen molar-refractivity contribution in [2.24, 2.45) is 0 Å². The molecule has 0 unspecified atom stereocenters. The number of hydrogen-bond donors (Lipinski definition) is 0. The molecule has 122 valence electrons. The molecule has 0 fully saturated rings. The van der Waals surface area contributed by atoms with Crippen LogP contribution in [0.2, 0.25) is 0 Å². The van der Waals surface area contributed by atoms with Gasteiger partial charge in [0.05, 0.1) is 12.7 Å². The zero-order valence-corrected chi connectivity index (χ0v) is 13.9. The van der Waals surface area contributed by atoms with E-state index in [4.69, 9.17) is 4.18 Å². The molecule has 0 bridgehead atoms. The molecule has 0 aromatic heterocycles. The largest absolute Gasteiger partial charge is 0.465 e. The van der Waals surface area contributed by atoms with Crippen LogP contribution in [0.1, 0.15) is 10.4 Å². The molecule has 0 radical (unpaired) electrons. The summed E-state index contributed by atoms with van der Waals surface area (Å²) >= 11 is 3.10. The molecular weight excluding hydrogens is 398 g/mol. The van der Waals surface area contributed by atoms with Crippen LogP contribution in [0.4, 0.5) is 8.78 Å². The monoisotopic (exact) mass is 406 g/mol. The van der Waals surface area contributed by atoms with E-state index in [-0.39, 0.29) is 10.5 Å². The van der Waals surface area contributed by atoms with Crippen molar-refractivity contribution < 1.29 is 30.9 Å². The lowest BCUT2D eigenvalue weighted by atomic mass is 10.2. The van der Waals surface area contributed by atoms with Gasteiger partial charge in [-0.15, -0.1) is 0 Å². The van der Waals surface area contributed by atoms with Crippen molar-refractivity contribution in [3.8, 4) is 5.75 Å². The summed E-state index contributed by atoms with van der Waals surface area (Å²) < 4.78 is 59.9. The van der Waals surface area contributed by atoms with Gasteiger partial charge in [0.15, 0.2) is 11.6 Å². The van der Waals surface area contributed by atoms with E-state index in [0.717, 1.165) is 25.3 Å². The summed E-state index contributed by atoms with van der Waals surface area (Å²) in [6.45, 7) is 0. The Labute approximate surface area is 139 Å². The van der Waals surface area contributed by atoms with Gasteiger partial charge in [-0.2, -0.15) is 8.42 Å². The first-order valence-electron chi connectivity index (χ1n) is 6.02. The minimum Gasteiger partial charge on any atom is -0.465 e. The predicted octanol–water partition coefficient (Wildman–Crippen LogP) is 3.28. The summed E-state index contributed by atoms with van der Waals surface area (Å²) in [5.74, 6) is -3.52. The third-order valence-corrected chi connectivity index (χ3v) is 4.66. The molecule has 23 heavy (non-hydrogen) atoms. The highest BCUT2D eigenvalue weighted by atomic mass is 79.9. The minimum atomic E-state index is -4.34. The Kier molecular flexibility index (Phi) is 5.00. The molecule has 2 aromatic rings. The Morgan fingerprint density at radius 2 is 1.78 bits per heavy atom. The van der Waals surface area contributed by atoms with Crippen molar-refractivity contribution in [2.75, 3.05) is 7.11 Å². The number of ether oxygens (including phenoxy) is 1. The van der Waals surface area contributed by atoms with Crippen molar-refractivity contribution in [1.82, 2.24) is 0 Å². The smallest absolute Gasteiger partial charge is 0.339 e. The maximum absolute atomic E-state index is 13.1. The fourth-order valence-electron chi connectivity index (χ4n) is 1.63. The van der Waals surface area contributed by atoms with Gasteiger partial charge in [-0.05, 0) is 46.3 Å². The summed E-state index contributed by atoms with van der Waals surface area (Å²) in [5.41, 5.74) is -0.0255. The second-order valence-electron chi connectivity index (χ2n) is 4.25. The number of hydrogen-bond acceptors (Lipinski definition) is 5. The number of esters is 1. The van der Waals surface area contributed by atoms with E-state index in [1.165, 1.54) is 12.1 Å². The van der Waals surface area contributed by atoms with Crippen molar-refractivity contribution in [3.63, 3.8) is 0 Å². The molecule has 0 N–H and O–H groups in total. The van der Waals surface area contributed by atoms with E-state index in [2.05, 4.69) is 20.7 Å². The average Bonchev–Trinajstić information content (AvgIpc) is 2.50. The highest BCUT2D eigenvalue weighted by molar-refractivity contribution is 9.10. The van der Waals surface area contributed by atoms with Crippen LogP contribution in [0.25, 0.3) is 0 Å². The van der Waals surface area contributed by atoms with E-state index in [9.17, 15) is 22.0 Å². The standard InChI is InChI=1S/C14H9BrF2O5S/c1-21-14(18)10-7-9(3-4-11(10)15)23(19,20)22-8-2-5-12(16)13(17)6-8/h2-7H,1H3. The van der Waals surface area contributed by atoms with Gasteiger partial charge in [-0.3, -0.25) is 0 Å². The second kappa shape index (κ2) is 6.63. The van der Waals surface area contributed by atoms with Crippen LogP contribution in [-0.4, -0.2) is 21.5 Å². The Hall–Kier alpha value is -2.00. The molecule has 0 aliphatic heterocycles. The Morgan fingerprint density at radius 1 is 1.09 bits per heavy atom. The van der Waals surface area contributed by atoms with Crippen LogP contribution in [0, 0.1) is 11.6 Å². The Balaban J connectivity index is 2.39. The van der Waals surface area contributed by atoms with E-state index in [0.29, 0.717) is 10.5 Å². The van der Waals surface area contributed by atoms with Gasteiger partial charge >= 0.3 is 16.1 Å². The quantitative estimate of drug-likeness (QED) is 0.575. The fourth-order valence-corrected chi connectivity index (χ4v) is 2.99. The van der Waals surface area contributed by atoms with Crippen LogP contribution in [0.5, 0.6) is 5.75 Å². The predicted molar refractivity (Wildman–Crippen MR) is 79.7 cm³/mol. The number of carbonyl (C=O) groups excluding carboxylic acids is 1. The molecular formula is C14H9BrF2O5S. The van der Waals surface area contributed by atoms with E-state index >= 15 is 0 Å². The normalized spacial score (nSPS) is 11.1. The lowest BCUT2D eigenvalue weighted by molar-refractivity contribution is 0.0599. The molecule has 0 aliphatic rings. The zero-order valence-electron chi connectivity index (χ0n) is 11.5. The number of carbonyl (C=O) groups is 1. The first kappa shape index (κ1) is 17.4. The van der Waals surface area contributed by atoms with Crippen molar-refractivity contribution >= 4 is 32.0 Å². The summed E-state index contributed by atoms with van der Waals surface area (Å²) in [5, 5.41) is 0. The number of rotatable bonds is 4. The molecule has 0 atom stereocenters. The van der Waals surface area contributed by atoms with Gasteiger partial charge in [0.1, 0.15) is 10.6 Å².